The lowest BCUT2D eigenvalue weighted by molar-refractivity contribution is -0.139. The summed E-state index contributed by atoms with van der Waals surface area (Å²) in [6.45, 7) is 4.47. The number of para-hydroxylation sites is 1. The van der Waals surface area contributed by atoms with Crippen LogP contribution in [0.15, 0.2) is 18.2 Å². The topological polar surface area (TPSA) is 67.8 Å². The van der Waals surface area contributed by atoms with Gasteiger partial charge in [-0.1, -0.05) is 12.1 Å². The molecule has 0 radical (unpaired) electrons. The number of benzene rings is 1. The van der Waals surface area contributed by atoms with Gasteiger partial charge in [0.1, 0.15) is 6.04 Å². The molecule has 1 unspecified atom stereocenters. The number of carboxylic acid groups (broad SMARTS) is 1. The molecule has 1 atom stereocenters. The first-order valence-corrected chi connectivity index (χ1v) is 5.85. The summed E-state index contributed by atoms with van der Waals surface area (Å²) in [5.41, 5.74) is 0.872. The van der Waals surface area contributed by atoms with E-state index in [-0.39, 0.29) is 0 Å². The molecule has 0 amide bonds. The van der Waals surface area contributed by atoms with E-state index in [4.69, 9.17) is 14.6 Å². The van der Waals surface area contributed by atoms with Crippen molar-refractivity contribution in [2.24, 2.45) is 0 Å². The monoisotopic (exact) mass is 253 g/mol. The Morgan fingerprint density at radius 3 is 2.78 bits per heavy atom. The zero-order valence-corrected chi connectivity index (χ0v) is 10.9. The maximum Gasteiger partial charge on any atom is 0.320 e. The van der Waals surface area contributed by atoms with Crippen molar-refractivity contribution in [2.45, 2.75) is 26.4 Å². The van der Waals surface area contributed by atoms with Crippen LogP contribution < -0.4 is 14.8 Å². The molecule has 0 spiro atoms. The van der Waals surface area contributed by atoms with Gasteiger partial charge in [-0.15, -0.1) is 0 Å². The number of ether oxygens (including phenoxy) is 2. The summed E-state index contributed by atoms with van der Waals surface area (Å²) >= 11 is 0. The molecule has 5 nitrogen and oxygen atoms in total. The van der Waals surface area contributed by atoms with Gasteiger partial charge in [-0.05, 0) is 19.9 Å². The summed E-state index contributed by atoms with van der Waals surface area (Å²) in [5.74, 6) is 0.432. The van der Waals surface area contributed by atoms with Gasteiger partial charge in [-0.25, -0.2) is 0 Å². The Bertz CT molecular complexity index is 406. The maximum absolute atomic E-state index is 10.7. The van der Waals surface area contributed by atoms with Gasteiger partial charge in [0.15, 0.2) is 11.5 Å². The van der Waals surface area contributed by atoms with Gasteiger partial charge in [-0.3, -0.25) is 4.79 Å². The molecule has 1 aromatic carbocycles. The highest BCUT2D eigenvalue weighted by molar-refractivity contribution is 5.72. The van der Waals surface area contributed by atoms with Crippen molar-refractivity contribution in [3.8, 4) is 11.5 Å². The molecule has 0 aromatic heterocycles. The highest BCUT2D eigenvalue weighted by atomic mass is 16.5. The number of hydrogen-bond acceptors (Lipinski definition) is 4. The summed E-state index contributed by atoms with van der Waals surface area (Å²) in [6.07, 6.45) is 0. The predicted molar refractivity (Wildman–Crippen MR) is 68.1 cm³/mol. The number of aliphatic carboxylic acids is 1. The van der Waals surface area contributed by atoms with Gasteiger partial charge in [-0.2, -0.15) is 0 Å². The number of hydrogen-bond donors (Lipinski definition) is 2. The summed E-state index contributed by atoms with van der Waals surface area (Å²) < 4.78 is 10.8. The highest BCUT2D eigenvalue weighted by Gasteiger charge is 2.13. The molecule has 1 rings (SSSR count). The van der Waals surface area contributed by atoms with Crippen molar-refractivity contribution in [2.75, 3.05) is 13.7 Å². The third kappa shape index (κ3) is 3.63. The van der Waals surface area contributed by atoms with Crippen molar-refractivity contribution in [1.82, 2.24) is 5.32 Å². The van der Waals surface area contributed by atoms with E-state index < -0.39 is 12.0 Å². The fourth-order valence-corrected chi connectivity index (χ4v) is 1.55. The molecule has 0 saturated heterocycles. The van der Waals surface area contributed by atoms with Crippen LogP contribution in [0.25, 0.3) is 0 Å². The Kier molecular flexibility index (Phi) is 5.45. The lowest BCUT2D eigenvalue weighted by atomic mass is 10.1. The van der Waals surface area contributed by atoms with E-state index in [1.54, 1.807) is 14.0 Å². The Morgan fingerprint density at radius 1 is 1.50 bits per heavy atom. The predicted octanol–water partition coefficient (Wildman–Crippen LogP) is 1.66. The highest BCUT2D eigenvalue weighted by Crippen LogP contribution is 2.30. The molecule has 0 aliphatic rings. The number of methoxy groups -OCH3 is 1. The van der Waals surface area contributed by atoms with Crippen LogP contribution >= 0.6 is 0 Å². The second-order valence-electron chi connectivity index (χ2n) is 3.82. The quantitative estimate of drug-likeness (QED) is 0.773. The van der Waals surface area contributed by atoms with Gasteiger partial charge < -0.3 is 19.9 Å². The molecule has 0 aliphatic carbocycles. The van der Waals surface area contributed by atoms with E-state index in [1.165, 1.54) is 0 Å². The number of carbonyl (C=O) groups is 1. The number of nitrogens with one attached hydrogen (secondary N) is 1. The smallest absolute Gasteiger partial charge is 0.320 e. The maximum atomic E-state index is 10.7. The van der Waals surface area contributed by atoms with Crippen molar-refractivity contribution in [1.29, 1.82) is 0 Å². The van der Waals surface area contributed by atoms with E-state index >= 15 is 0 Å². The molecule has 5 heteroatoms. The van der Waals surface area contributed by atoms with Crippen molar-refractivity contribution in [3.63, 3.8) is 0 Å². The molecule has 100 valence electrons. The Hall–Kier alpha value is -1.75. The van der Waals surface area contributed by atoms with Crippen LogP contribution in [0.4, 0.5) is 0 Å². The van der Waals surface area contributed by atoms with E-state index in [1.807, 2.05) is 25.1 Å². The lowest BCUT2D eigenvalue weighted by Crippen LogP contribution is -2.33. The summed E-state index contributed by atoms with van der Waals surface area (Å²) in [5, 5.41) is 11.7. The zero-order valence-electron chi connectivity index (χ0n) is 10.9. The van der Waals surface area contributed by atoms with Crippen LogP contribution in [0.1, 0.15) is 19.4 Å². The minimum absolute atomic E-state index is 0.414. The van der Waals surface area contributed by atoms with Crippen molar-refractivity contribution in [3.05, 3.63) is 23.8 Å². The van der Waals surface area contributed by atoms with Gasteiger partial charge >= 0.3 is 5.97 Å². The molecule has 18 heavy (non-hydrogen) atoms. The van der Waals surface area contributed by atoms with E-state index in [0.717, 1.165) is 5.56 Å². The van der Waals surface area contributed by atoms with E-state index in [2.05, 4.69) is 5.32 Å². The Labute approximate surface area is 107 Å². The molecule has 0 bridgehead atoms. The largest absolute Gasteiger partial charge is 0.493 e. The molecule has 1 aromatic rings. The lowest BCUT2D eigenvalue weighted by Gasteiger charge is -2.15. The van der Waals surface area contributed by atoms with Crippen LogP contribution in [0.5, 0.6) is 11.5 Å². The van der Waals surface area contributed by atoms with Crippen LogP contribution in [-0.2, 0) is 11.3 Å². The van der Waals surface area contributed by atoms with Crippen LogP contribution in [0, 0.1) is 0 Å². The first-order chi connectivity index (χ1) is 8.60. The minimum atomic E-state index is -0.880. The zero-order chi connectivity index (χ0) is 13.5. The molecule has 0 aliphatic heterocycles. The molecule has 0 fully saturated rings. The third-order valence-electron chi connectivity index (χ3n) is 2.53. The van der Waals surface area contributed by atoms with Gasteiger partial charge in [0.25, 0.3) is 0 Å². The molecule has 0 heterocycles. The average molecular weight is 253 g/mol. The van der Waals surface area contributed by atoms with Crippen LogP contribution in [0.2, 0.25) is 0 Å². The number of carboxylic acids is 1. The molecular weight excluding hydrogens is 234 g/mol. The molecule has 2 N–H and O–H groups in total. The molecule has 0 saturated carbocycles. The fourth-order valence-electron chi connectivity index (χ4n) is 1.55. The first-order valence-electron chi connectivity index (χ1n) is 5.85. The second kappa shape index (κ2) is 6.86. The van der Waals surface area contributed by atoms with Crippen molar-refractivity contribution < 1.29 is 19.4 Å². The van der Waals surface area contributed by atoms with E-state index in [0.29, 0.717) is 24.7 Å². The van der Waals surface area contributed by atoms with E-state index in [9.17, 15) is 4.79 Å². The normalized spacial score (nSPS) is 11.9. The van der Waals surface area contributed by atoms with Gasteiger partial charge in [0.05, 0.1) is 13.7 Å². The van der Waals surface area contributed by atoms with Crippen LogP contribution in [-0.4, -0.2) is 30.8 Å². The average Bonchev–Trinajstić information content (AvgIpc) is 2.36. The SMILES string of the molecule is CCOc1cccc(CNC(C)C(=O)O)c1OC. The standard InChI is InChI=1S/C13H19NO4/c1-4-18-11-7-5-6-10(12(11)17-3)8-14-9(2)13(15)16/h5-7,9,14H,4,8H2,1-3H3,(H,15,16). The summed E-state index contributed by atoms with van der Waals surface area (Å²) in [7, 11) is 1.57. The first kappa shape index (κ1) is 14.3. The minimum Gasteiger partial charge on any atom is -0.493 e. The van der Waals surface area contributed by atoms with Gasteiger partial charge in [0, 0.05) is 12.1 Å². The second-order valence-corrected chi connectivity index (χ2v) is 3.82. The fraction of sp³-hybridized carbons (Fsp3) is 0.462. The summed E-state index contributed by atoms with van der Waals surface area (Å²) in [4.78, 5) is 10.7. The van der Waals surface area contributed by atoms with Gasteiger partial charge in [0.2, 0.25) is 0 Å². The Balaban J connectivity index is 2.81. The number of rotatable bonds is 7. The summed E-state index contributed by atoms with van der Waals surface area (Å²) in [6, 6.07) is 4.95. The van der Waals surface area contributed by atoms with Crippen LogP contribution in [0.3, 0.4) is 0 Å². The Morgan fingerprint density at radius 2 is 2.22 bits per heavy atom. The van der Waals surface area contributed by atoms with Crippen molar-refractivity contribution >= 4 is 5.97 Å². The third-order valence-corrected chi connectivity index (χ3v) is 2.53. The molecular formula is C13H19NO4.